The molecule has 1 unspecified atom stereocenters. The summed E-state index contributed by atoms with van der Waals surface area (Å²) in [5, 5.41) is 33.8. The third kappa shape index (κ3) is 24.8. The second kappa shape index (κ2) is 37.7. The molecule has 1 fully saturated rings. The Morgan fingerprint density at radius 3 is 1.95 bits per heavy atom. The number of hydrogen-bond donors (Lipinski definition) is 9. The number of aryl methyl sites for hydroxylation is 3. The van der Waals surface area contributed by atoms with Gasteiger partial charge in [-0.15, -0.1) is 0 Å². The number of carbonyl (C=O) groups is 6. The number of likely N-dealkylation sites (N-methyl/N-ethyl adjacent to an activating group) is 2. The highest BCUT2D eigenvalue weighted by Crippen LogP contribution is 2.26. The van der Waals surface area contributed by atoms with Gasteiger partial charge in [0.25, 0.3) is 5.91 Å². The summed E-state index contributed by atoms with van der Waals surface area (Å²) >= 11 is 0. The Bertz CT molecular complexity index is 3040. The maximum atomic E-state index is 13.6. The number of ether oxygens (including phenoxy) is 4. The zero-order chi connectivity index (χ0) is 64.0. The number of H-pyrrole nitrogens is 1. The predicted molar refractivity (Wildman–Crippen MR) is 330 cm³/mol. The van der Waals surface area contributed by atoms with Crippen molar-refractivity contribution in [3.8, 4) is 5.75 Å². The van der Waals surface area contributed by atoms with Crippen LogP contribution in [0.25, 0.3) is 10.9 Å². The highest BCUT2D eigenvalue weighted by Gasteiger charge is 2.30. The molecule has 1 saturated heterocycles. The van der Waals surface area contributed by atoms with E-state index in [-0.39, 0.29) is 70.8 Å². The SMILES string of the molecule is CC[C@@H](NC(=O)CN1CCN(CC)CCN(C)CCN(CC(=O)O)CC1)C(=O)NCCCOCCOCCOCCCNC(=O)CCCOc1cc(C)c(S(=O)(=O)NC(CNC(=O)c2cn(C)c3cc(CNc4ncc[nH]4)ccc3c2=O)C(=O)O)c(C)c1. The Morgan fingerprint density at radius 1 is 0.727 bits per heavy atom. The van der Waals surface area contributed by atoms with Crippen LogP contribution in [0, 0.1) is 13.8 Å². The summed E-state index contributed by atoms with van der Waals surface area (Å²) < 4.78 is 53.7. The second-order valence-electron chi connectivity index (χ2n) is 21.6. The third-order valence-corrected chi connectivity index (χ3v) is 16.4. The number of hydrogen-bond acceptors (Lipinski definition) is 19. The molecule has 9 N–H and O–H groups in total. The van der Waals surface area contributed by atoms with Crippen LogP contribution in [0.4, 0.5) is 5.95 Å². The number of pyridine rings is 1. The molecule has 4 aromatic rings. The number of carbonyl (C=O) groups excluding carboxylic acids is 4. The van der Waals surface area contributed by atoms with E-state index in [1.165, 1.54) is 32.2 Å². The quantitative estimate of drug-likeness (QED) is 0.0281. The number of aliphatic carboxylic acids is 2. The number of anilines is 1. The van der Waals surface area contributed by atoms with Crippen LogP contribution in [0.5, 0.6) is 5.75 Å². The lowest BCUT2D eigenvalue weighted by atomic mass is 10.1. The van der Waals surface area contributed by atoms with Crippen LogP contribution in [-0.2, 0) is 61.8 Å². The molecule has 0 saturated carbocycles. The van der Waals surface area contributed by atoms with E-state index in [2.05, 4.69) is 58.0 Å². The van der Waals surface area contributed by atoms with Crippen LogP contribution in [0.3, 0.4) is 0 Å². The molecule has 5 rings (SSSR count). The van der Waals surface area contributed by atoms with Crippen molar-refractivity contribution in [2.45, 2.75) is 83.3 Å². The summed E-state index contributed by atoms with van der Waals surface area (Å²) in [5.41, 5.74) is 1.12. The Kier molecular flexibility index (Phi) is 30.7. The van der Waals surface area contributed by atoms with Crippen LogP contribution in [0.2, 0.25) is 0 Å². The molecular weight excluding hydrogens is 1160 g/mol. The molecule has 488 valence electrons. The molecule has 88 heavy (non-hydrogen) atoms. The zero-order valence-electron chi connectivity index (χ0n) is 51.7. The average molecular weight is 1250 g/mol. The maximum absolute atomic E-state index is 13.6. The fourth-order valence-corrected chi connectivity index (χ4v) is 11.3. The number of aromatic nitrogens is 3. The number of carboxylic acid groups (broad SMARTS) is 2. The minimum Gasteiger partial charge on any atom is -0.494 e. The zero-order valence-corrected chi connectivity index (χ0v) is 52.5. The molecule has 4 amide bonds. The molecule has 2 atom stereocenters. The molecule has 1 aliphatic rings. The predicted octanol–water partition coefficient (Wildman–Crippen LogP) is 0.724. The van der Waals surface area contributed by atoms with Gasteiger partial charge in [0.15, 0.2) is 5.95 Å². The van der Waals surface area contributed by atoms with Crippen molar-refractivity contribution in [2.24, 2.45) is 7.05 Å². The number of rotatable bonds is 37. The van der Waals surface area contributed by atoms with Crippen molar-refractivity contribution in [3.63, 3.8) is 0 Å². The topological polar surface area (TPSA) is 350 Å². The Hall–Kier alpha value is -7.09. The van der Waals surface area contributed by atoms with Crippen LogP contribution in [-0.4, -0.2) is 245 Å². The summed E-state index contributed by atoms with van der Waals surface area (Å²) in [6.07, 6.45) is 6.77. The van der Waals surface area contributed by atoms with E-state index in [4.69, 9.17) is 18.9 Å². The Balaban J connectivity index is 0.884. The molecule has 0 aliphatic carbocycles. The number of fused-ring (bicyclic) bond motifs is 1. The molecular formula is C59H91N13O15S. The summed E-state index contributed by atoms with van der Waals surface area (Å²) in [6.45, 7) is 16.5. The first-order chi connectivity index (χ1) is 42.2. The number of imidazole rings is 1. The molecule has 0 spiro atoms. The number of benzene rings is 2. The summed E-state index contributed by atoms with van der Waals surface area (Å²) in [6, 6.07) is 5.66. The third-order valence-electron chi connectivity index (χ3n) is 14.6. The number of carboxylic acids is 2. The van der Waals surface area contributed by atoms with Crippen molar-refractivity contribution < 1.29 is 66.3 Å². The van der Waals surface area contributed by atoms with E-state index < -0.39 is 51.9 Å². The van der Waals surface area contributed by atoms with E-state index in [0.717, 1.165) is 38.3 Å². The van der Waals surface area contributed by atoms with Gasteiger partial charge in [-0.2, -0.15) is 4.72 Å². The normalized spacial score (nSPS) is 14.9. The standard InChI is InChI=1S/C59H91N13O15S/c1-7-48(66-52(74)40-71-24-23-70(8-2)21-19-68(5)20-22-72(26-25-71)41-53(75)76)57(79)61-16-11-28-85-31-33-86-32-30-84-27-10-15-60-51(73)12-9-29-87-45-34-42(3)55(43(4)35-45)88(82,83)67-49(58(80)81)38-64-56(78)47-39-69(6)50-36-44(13-14-46(50)54(47)77)37-65-59-62-17-18-63-59/h13-14,17-18,34-36,39,48-49,67H,7-12,15-16,19-33,37-38,40-41H2,1-6H3,(H,60,73)(H,61,79)(H,64,78)(H,66,74)(H,75,76)(H,80,81)(H2,62,63,65)/t48-,49?/m1/s1. The monoisotopic (exact) mass is 1250 g/mol. The molecule has 3 heterocycles. The highest BCUT2D eigenvalue weighted by molar-refractivity contribution is 7.89. The van der Waals surface area contributed by atoms with Crippen LogP contribution < -0.4 is 41.5 Å². The van der Waals surface area contributed by atoms with Gasteiger partial charge in [-0.3, -0.25) is 43.4 Å². The fraction of sp³-hybridized carbons (Fsp3) is 0.593. The van der Waals surface area contributed by atoms with E-state index in [9.17, 15) is 52.2 Å². The molecule has 29 heteroatoms. The van der Waals surface area contributed by atoms with Gasteiger partial charge in [0.2, 0.25) is 33.2 Å². The summed E-state index contributed by atoms with van der Waals surface area (Å²) in [5.74, 6) is -3.08. The smallest absolute Gasteiger partial charge is 0.323 e. The van der Waals surface area contributed by atoms with Gasteiger partial charge in [0, 0.05) is 129 Å². The first kappa shape index (κ1) is 71.7. The maximum Gasteiger partial charge on any atom is 0.323 e. The molecule has 0 radical (unpaired) electrons. The van der Waals surface area contributed by atoms with Gasteiger partial charge in [0.1, 0.15) is 23.4 Å². The van der Waals surface area contributed by atoms with E-state index in [1.54, 1.807) is 42.2 Å². The van der Waals surface area contributed by atoms with E-state index in [0.29, 0.717) is 128 Å². The lowest BCUT2D eigenvalue weighted by Gasteiger charge is -2.32. The van der Waals surface area contributed by atoms with Gasteiger partial charge in [-0.1, -0.05) is 19.9 Å². The summed E-state index contributed by atoms with van der Waals surface area (Å²) in [7, 11) is -0.746. The van der Waals surface area contributed by atoms with Crippen molar-refractivity contribution in [3.05, 3.63) is 81.4 Å². The first-order valence-electron chi connectivity index (χ1n) is 29.9. The number of nitrogens with one attached hydrogen (secondary N) is 7. The van der Waals surface area contributed by atoms with Gasteiger partial charge in [0.05, 0.1) is 56.5 Å². The summed E-state index contributed by atoms with van der Waals surface area (Å²) in [4.78, 5) is 105. The lowest BCUT2D eigenvalue weighted by Crippen LogP contribution is -2.51. The first-order valence-corrected chi connectivity index (χ1v) is 31.4. The van der Waals surface area contributed by atoms with Crippen molar-refractivity contribution in [1.29, 1.82) is 0 Å². The van der Waals surface area contributed by atoms with Crippen LogP contribution in [0.1, 0.15) is 73.0 Å². The lowest BCUT2D eigenvalue weighted by molar-refractivity contribution is -0.139. The number of amides is 4. The highest BCUT2D eigenvalue weighted by atomic mass is 32.2. The Labute approximate surface area is 514 Å². The van der Waals surface area contributed by atoms with E-state index in [1.807, 2.05) is 23.8 Å². The minimum atomic E-state index is -4.45. The minimum absolute atomic E-state index is 0.0668. The van der Waals surface area contributed by atoms with Gasteiger partial charge in [-0.05, 0) is 94.1 Å². The van der Waals surface area contributed by atoms with Crippen molar-refractivity contribution in [2.75, 3.05) is 150 Å². The number of nitrogens with zero attached hydrogens (tertiary/aromatic N) is 6. The van der Waals surface area contributed by atoms with Crippen molar-refractivity contribution in [1.82, 2.24) is 60.1 Å². The van der Waals surface area contributed by atoms with Crippen LogP contribution in [0.15, 0.2) is 58.6 Å². The molecule has 0 bridgehead atoms. The van der Waals surface area contributed by atoms with E-state index >= 15 is 0 Å². The van der Waals surface area contributed by atoms with Gasteiger partial charge in [-0.25, -0.2) is 13.4 Å². The molecule has 2 aromatic heterocycles. The number of sulfonamides is 1. The van der Waals surface area contributed by atoms with Crippen molar-refractivity contribution >= 4 is 62.4 Å². The Morgan fingerprint density at radius 2 is 1.34 bits per heavy atom. The molecule has 1 aliphatic heterocycles. The average Bonchev–Trinajstić information content (AvgIpc) is 2.11. The largest absolute Gasteiger partial charge is 0.494 e. The number of aromatic amines is 1. The van der Waals surface area contributed by atoms with Gasteiger partial charge < -0.3 is 75.1 Å². The molecule has 28 nitrogen and oxygen atoms in total. The molecule has 2 aromatic carbocycles. The van der Waals surface area contributed by atoms with Gasteiger partial charge >= 0.3 is 11.9 Å². The second-order valence-corrected chi connectivity index (χ2v) is 23.2. The fourth-order valence-electron chi connectivity index (χ4n) is 9.70. The van der Waals surface area contributed by atoms with Crippen LogP contribution >= 0.6 is 0 Å².